The molecule has 17 heavy (non-hydrogen) atoms. The van der Waals surface area contributed by atoms with Gasteiger partial charge >= 0.3 is 0 Å². The minimum Gasteiger partial charge on any atom is -0.508 e. The summed E-state index contributed by atoms with van der Waals surface area (Å²) in [5, 5.41) is 19.3. The Labute approximate surface area is 102 Å². The number of hydrogen-bond donors (Lipinski definition) is 2. The summed E-state index contributed by atoms with van der Waals surface area (Å²) in [4.78, 5) is 1.96. The van der Waals surface area contributed by atoms with Crippen LogP contribution in [0.1, 0.15) is 11.1 Å². The highest BCUT2D eigenvalue weighted by Crippen LogP contribution is 2.19. The van der Waals surface area contributed by atoms with Gasteiger partial charge in [0.25, 0.3) is 0 Å². The van der Waals surface area contributed by atoms with E-state index in [0.29, 0.717) is 25.4 Å². The molecule has 0 fully saturated rings. The van der Waals surface area contributed by atoms with Gasteiger partial charge in [-0.15, -0.1) is 0 Å². The highest BCUT2D eigenvalue weighted by molar-refractivity contribution is 5.35. The van der Waals surface area contributed by atoms with E-state index < -0.39 is 6.10 Å². The number of ether oxygens (including phenoxy) is 1. The van der Waals surface area contributed by atoms with Crippen LogP contribution in [0, 0.1) is 6.92 Å². The Balaban J connectivity index is 2.55. The lowest BCUT2D eigenvalue weighted by atomic mass is 10.1. The van der Waals surface area contributed by atoms with Crippen LogP contribution >= 0.6 is 0 Å². The van der Waals surface area contributed by atoms with Crippen molar-refractivity contribution in [2.75, 3.05) is 27.3 Å². The zero-order valence-electron chi connectivity index (χ0n) is 10.7. The quantitative estimate of drug-likeness (QED) is 0.781. The summed E-state index contributed by atoms with van der Waals surface area (Å²) >= 11 is 0. The molecule has 0 aromatic heterocycles. The first-order valence-corrected chi connectivity index (χ1v) is 5.67. The maximum absolute atomic E-state index is 9.71. The fraction of sp³-hybridized carbons (Fsp3) is 0.538. The normalized spacial score (nSPS) is 13.0. The van der Waals surface area contributed by atoms with Crippen molar-refractivity contribution in [3.8, 4) is 5.75 Å². The molecule has 0 aliphatic heterocycles. The maximum Gasteiger partial charge on any atom is 0.120 e. The van der Waals surface area contributed by atoms with Gasteiger partial charge in [0.15, 0.2) is 0 Å². The summed E-state index contributed by atoms with van der Waals surface area (Å²) in [5.41, 5.74) is 1.99. The number of phenols is 1. The molecule has 1 atom stereocenters. The van der Waals surface area contributed by atoms with Crippen LogP contribution in [-0.4, -0.2) is 48.5 Å². The summed E-state index contributed by atoms with van der Waals surface area (Å²) < 4.78 is 4.87. The number of rotatable bonds is 6. The Morgan fingerprint density at radius 1 is 1.41 bits per heavy atom. The van der Waals surface area contributed by atoms with Gasteiger partial charge in [0.05, 0.1) is 12.7 Å². The van der Waals surface area contributed by atoms with E-state index in [1.165, 1.54) is 0 Å². The molecule has 1 unspecified atom stereocenters. The fourth-order valence-corrected chi connectivity index (χ4v) is 1.80. The van der Waals surface area contributed by atoms with Crippen molar-refractivity contribution in [3.63, 3.8) is 0 Å². The van der Waals surface area contributed by atoms with E-state index in [1.54, 1.807) is 13.2 Å². The summed E-state index contributed by atoms with van der Waals surface area (Å²) in [6.07, 6.45) is -0.503. The van der Waals surface area contributed by atoms with Gasteiger partial charge < -0.3 is 14.9 Å². The van der Waals surface area contributed by atoms with Crippen LogP contribution in [-0.2, 0) is 11.3 Å². The first kappa shape index (κ1) is 14.0. The molecule has 96 valence electrons. The van der Waals surface area contributed by atoms with Gasteiger partial charge in [-0.1, -0.05) is 17.7 Å². The predicted molar refractivity (Wildman–Crippen MR) is 67.1 cm³/mol. The van der Waals surface area contributed by atoms with E-state index in [1.807, 2.05) is 31.0 Å². The number of likely N-dealkylation sites (N-methyl/N-ethyl adjacent to an activating group) is 1. The molecule has 0 spiro atoms. The van der Waals surface area contributed by atoms with Crippen molar-refractivity contribution in [1.29, 1.82) is 0 Å². The predicted octanol–water partition coefficient (Wildman–Crippen LogP) is 1.14. The Morgan fingerprint density at radius 2 is 2.12 bits per heavy atom. The molecule has 1 aromatic rings. The molecule has 0 aliphatic rings. The van der Waals surface area contributed by atoms with Gasteiger partial charge in [0, 0.05) is 25.8 Å². The van der Waals surface area contributed by atoms with Crippen molar-refractivity contribution in [3.05, 3.63) is 29.3 Å². The van der Waals surface area contributed by atoms with Crippen LogP contribution in [0.5, 0.6) is 5.75 Å². The molecule has 1 rings (SSSR count). The largest absolute Gasteiger partial charge is 0.508 e. The second kappa shape index (κ2) is 6.59. The zero-order valence-corrected chi connectivity index (χ0v) is 10.7. The van der Waals surface area contributed by atoms with Crippen LogP contribution in [0.3, 0.4) is 0 Å². The van der Waals surface area contributed by atoms with Crippen LogP contribution in [0.25, 0.3) is 0 Å². The van der Waals surface area contributed by atoms with Crippen molar-refractivity contribution in [1.82, 2.24) is 4.90 Å². The Hall–Kier alpha value is -1.10. The first-order chi connectivity index (χ1) is 8.02. The molecule has 2 N–H and O–H groups in total. The molecular weight excluding hydrogens is 218 g/mol. The van der Waals surface area contributed by atoms with Crippen molar-refractivity contribution in [2.24, 2.45) is 0 Å². The third-order valence-corrected chi connectivity index (χ3v) is 2.56. The van der Waals surface area contributed by atoms with Gasteiger partial charge in [-0.2, -0.15) is 0 Å². The van der Waals surface area contributed by atoms with E-state index in [0.717, 1.165) is 11.1 Å². The van der Waals surface area contributed by atoms with E-state index in [4.69, 9.17) is 4.74 Å². The molecule has 4 nitrogen and oxygen atoms in total. The maximum atomic E-state index is 9.71. The molecule has 0 radical (unpaired) electrons. The number of benzene rings is 1. The second-order valence-corrected chi connectivity index (χ2v) is 4.44. The standard InChI is InChI=1S/C13H21NO3/c1-10-4-5-13(16)11(6-10)7-14(2)8-12(15)9-17-3/h4-6,12,15-16H,7-9H2,1-3H3. The fourth-order valence-electron chi connectivity index (χ4n) is 1.80. The molecule has 1 aromatic carbocycles. The number of aromatic hydroxyl groups is 1. The molecule has 0 bridgehead atoms. The Bertz CT molecular complexity index is 355. The highest BCUT2D eigenvalue weighted by Gasteiger charge is 2.10. The number of aliphatic hydroxyl groups excluding tert-OH is 1. The Kier molecular flexibility index (Phi) is 5.41. The molecule has 0 amide bonds. The van der Waals surface area contributed by atoms with Gasteiger partial charge in [-0.05, 0) is 20.0 Å². The lowest BCUT2D eigenvalue weighted by Crippen LogP contribution is -2.31. The van der Waals surface area contributed by atoms with Gasteiger partial charge in [-0.25, -0.2) is 0 Å². The summed E-state index contributed by atoms with van der Waals surface area (Å²) in [6, 6.07) is 5.53. The lowest BCUT2D eigenvalue weighted by Gasteiger charge is -2.20. The molecule has 0 saturated heterocycles. The lowest BCUT2D eigenvalue weighted by molar-refractivity contribution is 0.0417. The Morgan fingerprint density at radius 3 is 2.76 bits per heavy atom. The molecular formula is C13H21NO3. The third kappa shape index (κ3) is 4.73. The van der Waals surface area contributed by atoms with Crippen LogP contribution < -0.4 is 0 Å². The number of aryl methyl sites for hydroxylation is 1. The molecule has 4 heteroatoms. The minimum absolute atomic E-state index is 0.295. The van der Waals surface area contributed by atoms with Crippen molar-refractivity contribution >= 4 is 0 Å². The van der Waals surface area contributed by atoms with Crippen molar-refractivity contribution in [2.45, 2.75) is 19.6 Å². The smallest absolute Gasteiger partial charge is 0.120 e. The number of nitrogens with zero attached hydrogens (tertiary/aromatic N) is 1. The van der Waals surface area contributed by atoms with E-state index in [9.17, 15) is 10.2 Å². The average Bonchev–Trinajstić information content (AvgIpc) is 2.23. The number of aliphatic hydroxyl groups is 1. The van der Waals surface area contributed by atoms with Gasteiger partial charge in [0.2, 0.25) is 0 Å². The number of phenolic OH excluding ortho intramolecular Hbond substituents is 1. The van der Waals surface area contributed by atoms with E-state index in [-0.39, 0.29) is 0 Å². The SMILES string of the molecule is COCC(O)CN(C)Cc1cc(C)ccc1O. The zero-order chi connectivity index (χ0) is 12.8. The van der Waals surface area contributed by atoms with Gasteiger partial charge in [-0.3, -0.25) is 4.90 Å². The van der Waals surface area contributed by atoms with Gasteiger partial charge in [0.1, 0.15) is 5.75 Å². The van der Waals surface area contributed by atoms with Crippen LogP contribution in [0.2, 0.25) is 0 Å². The molecule has 0 saturated carbocycles. The topological polar surface area (TPSA) is 52.9 Å². The summed E-state index contributed by atoms with van der Waals surface area (Å²) in [5.74, 6) is 0.295. The van der Waals surface area contributed by atoms with Crippen LogP contribution in [0.4, 0.5) is 0 Å². The first-order valence-electron chi connectivity index (χ1n) is 5.67. The molecule has 0 aliphatic carbocycles. The van der Waals surface area contributed by atoms with E-state index in [2.05, 4.69) is 0 Å². The number of methoxy groups -OCH3 is 1. The average molecular weight is 239 g/mol. The number of hydrogen-bond acceptors (Lipinski definition) is 4. The van der Waals surface area contributed by atoms with E-state index >= 15 is 0 Å². The second-order valence-electron chi connectivity index (χ2n) is 4.44. The monoisotopic (exact) mass is 239 g/mol. The molecule has 0 heterocycles. The third-order valence-electron chi connectivity index (χ3n) is 2.56. The summed E-state index contributed by atoms with van der Waals surface area (Å²) in [7, 11) is 3.47. The summed E-state index contributed by atoms with van der Waals surface area (Å²) in [6.45, 7) is 3.43. The van der Waals surface area contributed by atoms with Crippen LogP contribution in [0.15, 0.2) is 18.2 Å². The van der Waals surface area contributed by atoms with Crippen molar-refractivity contribution < 1.29 is 14.9 Å². The minimum atomic E-state index is -0.503. The highest BCUT2D eigenvalue weighted by atomic mass is 16.5.